The molecule has 0 bridgehead atoms. The molecule has 1 aliphatic rings. The summed E-state index contributed by atoms with van der Waals surface area (Å²) in [7, 11) is -2.06. The summed E-state index contributed by atoms with van der Waals surface area (Å²) in [4.78, 5) is 0.100. The van der Waals surface area contributed by atoms with Crippen molar-refractivity contribution >= 4 is 27.3 Å². The first-order chi connectivity index (χ1) is 9.93. The highest BCUT2D eigenvalue weighted by molar-refractivity contribution is 7.93. The van der Waals surface area contributed by atoms with E-state index in [4.69, 9.17) is 11.6 Å². The lowest BCUT2D eigenvalue weighted by Gasteiger charge is -2.30. The Bertz CT molecular complexity index is 799. The maximum Gasteiger partial charge on any atom is 0.269 e. The molecule has 1 aromatic heterocycles. The minimum absolute atomic E-state index is 0.100. The maximum absolute atomic E-state index is 13.0. The molecule has 0 fully saturated rings. The number of anilines is 1. The highest BCUT2D eigenvalue weighted by atomic mass is 35.5. The fourth-order valence-corrected chi connectivity index (χ4v) is 5.02. The number of rotatable bonds is 2. The van der Waals surface area contributed by atoms with Gasteiger partial charge in [-0.15, -0.1) is 0 Å². The fourth-order valence-electron chi connectivity index (χ4n) is 2.76. The predicted molar refractivity (Wildman–Crippen MR) is 82.2 cm³/mol. The number of aromatic nitrogens is 2. The molecular weight excluding hydrogens is 310 g/mol. The Morgan fingerprint density at radius 3 is 2.67 bits per heavy atom. The lowest BCUT2D eigenvalue weighted by molar-refractivity contribution is 0.586. The second kappa shape index (κ2) is 5.03. The molecule has 3 rings (SSSR count). The molecule has 0 saturated carbocycles. The minimum atomic E-state index is -3.70. The summed E-state index contributed by atoms with van der Waals surface area (Å²) in [6.45, 7) is 2.12. The van der Waals surface area contributed by atoms with Crippen LogP contribution in [-0.2, 0) is 23.5 Å². The van der Waals surface area contributed by atoms with Gasteiger partial charge in [-0.05, 0) is 31.4 Å². The molecule has 0 radical (unpaired) electrons. The lowest BCUT2D eigenvalue weighted by atomic mass is 10.0. The van der Waals surface area contributed by atoms with Gasteiger partial charge in [-0.1, -0.05) is 29.8 Å². The van der Waals surface area contributed by atoms with Crippen molar-refractivity contribution in [2.45, 2.75) is 24.7 Å². The van der Waals surface area contributed by atoms with Gasteiger partial charge >= 0.3 is 0 Å². The maximum atomic E-state index is 13.0. The van der Waals surface area contributed by atoms with Crippen molar-refractivity contribution in [2.24, 2.45) is 7.05 Å². The van der Waals surface area contributed by atoms with Crippen molar-refractivity contribution in [1.82, 2.24) is 9.78 Å². The number of nitrogens with zero attached hydrogens (tertiary/aromatic N) is 3. The third-order valence-corrected chi connectivity index (χ3v) is 6.23. The highest BCUT2D eigenvalue weighted by Gasteiger charge is 2.33. The van der Waals surface area contributed by atoms with E-state index in [2.05, 4.69) is 5.10 Å². The Hall–Kier alpha value is -1.53. The standard InChI is InChI=1S/C14H16ClN3O2S/c1-10-13(14(15)17(2)16-10)21(19,20)18-9-5-7-11-6-3-4-8-12(11)18/h3-4,6,8H,5,7,9H2,1-2H3. The Morgan fingerprint density at radius 2 is 2.00 bits per heavy atom. The van der Waals surface area contributed by atoms with Crippen LogP contribution in [0.5, 0.6) is 0 Å². The molecule has 0 unspecified atom stereocenters. The second-order valence-electron chi connectivity index (χ2n) is 5.14. The topological polar surface area (TPSA) is 55.2 Å². The molecule has 7 heteroatoms. The van der Waals surface area contributed by atoms with E-state index in [0.29, 0.717) is 12.2 Å². The SMILES string of the molecule is Cc1nn(C)c(Cl)c1S(=O)(=O)N1CCCc2ccccc21. The molecule has 112 valence electrons. The number of sulfonamides is 1. The van der Waals surface area contributed by atoms with Crippen molar-refractivity contribution in [3.05, 3.63) is 40.7 Å². The summed E-state index contributed by atoms with van der Waals surface area (Å²) in [5.41, 5.74) is 2.21. The van der Waals surface area contributed by atoms with Crippen molar-refractivity contribution in [3.63, 3.8) is 0 Å². The highest BCUT2D eigenvalue weighted by Crippen LogP contribution is 2.34. The molecule has 2 heterocycles. The Kier molecular flexibility index (Phi) is 3.45. The van der Waals surface area contributed by atoms with E-state index in [1.807, 2.05) is 24.3 Å². The molecule has 0 aliphatic carbocycles. The van der Waals surface area contributed by atoms with Crippen molar-refractivity contribution in [2.75, 3.05) is 10.8 Å². The average Bonchev–Trinajstić information content (AvgIpc) is 2.71. The largest absolute Gasteiger partial charge is 0.269 e. The van der Waals surface area contributed by atoms with Crippen molar-refractivity contribution < 1.29 is 8.42 Å². The molecule has 0 saturated heterocycles. The van der Waals surface area contributed by atoms with E-state index >= 15 is 0 Å². The van der Waals surface area contributed by atoms with E-state index in [-0.39, 0.29) is 10.0 Å². The summed E-state index contributed by atoms with van der Waals surface area (Å²) in [6.07, 6.45) is 1.69. The second-order valence-corrected chi connectivity index (χ2v) is 7.30. The van der Waals surface area contributed by atoms with E-state index in [1.165, 1.54) is 8.99 Å². The normalized spacial score (nSPS) is 15.1. The molecule has 21 heavy (non-hydrogen) atoms. The lowest BCUT2D eigenvalue weighted by Crippen LogP contribution is -2.35. The zero-order valence-corrected chi connectivity index (χ0v) is 13.4. The molecule has 0 N–H and O–H groups in total. The minimum Gasteiger partial charge on any atom is -0.266 e. The molecule has 5 nitrogen and oxygen atoms in total. The van der Waals surface area contributed by atoms with Crippen molar-refractivity contribution in [1.29, 1.82) is 0 Å². The zero-order chi connectivity index (χ0) is 15.2. The van der Waals surface area contributed by atoms with E-state index in [0.717, 1.165) is 24.1 Å². The van der Waals surface area contributed by atoms with Crippen LogP contribution in [0.15, 0.2) is 29.2 Å². The van der Waals surface area contributed by atoms with Gasteiger partial charge in [0, 0.05) is 13.6 Å². The number of halogens is 1. The third kappa shape index (κ3) is 2.22. The Morgan fingerprint density at radius 1 is 1.29 bits per heavy atom. The van der Waals surface area contributed by atoms with Crippen molar-refractivity contribution in [3.8, 4) is 0 Å². The van der Waals surface area contributed by atoms with Crippen LogP contribution in [0.1, 0.15) is 17.7 Å². The van der Waals surface area contributed by atoms with Crippen LogP contribution in [0.2, 0.25) is 5.15 Å². The molecule has 0 spiro atoms. The zero-order valence-electron chi connectivity index (χ0n) is 11.9. The molecule has 2 aromatic rings. The first-order valence-electron chi connectivity index (χ1n) is 6.72. The molecule has 1 aliphatic heterocycles. The van der Waals surface area contributed by atoms with Crippen LogP contribution < -0.4 is 4.31 Å². The van der Waals surface area contributed by atoms with Crippen LogP contribution in [0.25, 0.3) is 0 Å². The van der Waals surface area contributed by atoms with Gasteiger partial charge in [-0.3, -0.25) is 8.99 Å². The first-order valence-corrected chi connectivity index (χ1v) is 8.54. The molecule has 0 amide bonds. The van der Waals surface area contributed by atoms with Crippen LogP contribution >= 0.6 is 11.6 Å². The molecule has 0 atom stereocenters. The van der Waals surface area contributed by atoms with Gasteiger partial charge in [0.1, 0.15) is 10.0 Å². The van der Waals surface area contributed by atoms with Gasteiger partial charge in [0.05, 0.1) is 11.4 Å². The Labute approximate surface area is 129 Å². The van der Waals surface area contributed by atoms with Crippen LogP contribution in [-0.4, -0.2) is 24.7 Å². The molecular formula is C14H16ClN3O2S. The van der Waals surface area contributed by atoms with Crippen LogP contribution in [0.3, 0.4) is 0 Å². The van der Waals surface area contributed by atoms with Crippen LogP contribution in [0, 0.1) is 6.92 Å². The number of hydrogen-bond donors (Lipinski definition) is 0. The number of aryl methyl sites for hydroxylation is 3. The number of fused-ring (bicyclic) bond motifs is 1. The Balaban J connectivity index is 2.16. The van der Waals surface area contributed by atoms with Gasteiger partial charge < -0.3 is 0 Å². The summed E-state index contributed by atoms with van der Waals surface area (Å²) >= 11 is 6.14. The van der Waals surface area contributed by atoms with Gasteiger partial charge in [0.25, 0.3) is 10.0 Å². The summed E-state index contributed by atoms with van der Waals surface area (Å²) in [5.74, 6) is 0. The summed E-state index contributed by atoms with van der Waals surface area (Å²) in [6, 6.07) is 7.59. The fraction of sp³-hybridized carbons (Fsp3) is 0.357. The smallest absolute Gasteiger partial charge is 0.266 e. The number of benzene rings is 1. The molecule has 1 aromatic carbocycles. The number of para-hydroxylation sites is 1. The van der Waals surface area contributed by atoms with Gasteiger partial charge in [-0.25, -0.2) is 8.42 Å². The van der Waals surface area contributed by atoms with Crippen LogP contribution in [0.4, 0.5) is 5.69 Å². The van der Waals surface area contributed by atoms with E-state index in [1.54, 1.807) is 14.0 Å². The van der Waals surface area contributed by atoms with Gasteiger partial charge in [0.2, 0.25) is 0 Å². The van der Waals surface area contributed by atoms with E-state index in [9.17, 15) is 8.42 Å². The average molecular weight is 326 g/mol. The van der Waals surface area contributed by atoms with Gasteiger partial charge in [0.15, 0.2) is 0 Å². The predicted octanol–water partition coefficient (Wildman–Crippen LogP) is 2.52. The van der Waals surface area contributed by atoms with Gasteiger partial charge in [-0.2, -0.15) is 5.10 Å². The summed E-state index contributed by atoms with van der Waals surface area (Å²) in [5, 5.41) is 4.26. The quantitative estimate of drug-likeness (QED) is 0.852. The van der Waals surface area contributed by atoms with E-state index < -0.39 is 10.0 Å². The first kappa shape index (κ1) is 14.4. The number of hydrogen-bond acceptors (Lipinski definition) is 3. The third-order valence-electron chi connectivity index (χ3n) is 3.72. The summed E-state index contributed by atoms with van der Waals surface area (Å²) < 4.78 is 28.8. The monoisotopic (exact) mass is 325 g/mol.